The quantitative estimate of drug-likeness (QED) is 0.645. The number of rotatable bonds is 9. The molecule has 0 atom stereocenters. The first-order valence-corrected chi connectivity index (χ1v) is 10.2. The molecule has 0 saturated heterocycles. The molecule has 152 valence electrons. The summed E-state index contributed by atoms with van der Waals surface area (Å²) in [5.41, 5.74) is 1.89. The van der Waals surface area contributed by atoms with Gasteiger partial charge in [-0.2, -0.15) is 4.31 Å². The summed E-state index contributed by atoms with van der Waals surface area (Å²) in [7, 11) is -0.751. The lowest BCUT2D eigenvalue weighted by Gasteiger charge is -2.17. The fraction of sp³-hybridized carbons (Fsp3) is 0.350. The van der Waals surface area contributed by atoms with Gasteiger partial charge in [0.1, 0.15) is 18.1 Å². The molecule has 2 rings (SSSR count). The van der Waals surface area contributed by atoms with E-state index in [1.165, 1.54) is 7.05 Å². The number of carbonyl (C=O) groups is 1. The van der Waals surface area contributed by atoms with Crippen LogP contribution in [0.4, 0.5) is 0 Å². The zero-order valence-electron chi connectivity index (χ0n) is 16.6. The first-order valence-electron chi connectivity index (χ1n) is 8.81. The fourth-order valence-electron chi connectivity index (χ4n) is 2.43. The average Bonchev–Trinajstić information content (AvgIpc) is 2.67. The number of hydrogen-bond acceptors (Lipinski definition) is 5. The number of sulfonamides is 1. The molecule has 1 N–H and O–H groups in total. The highest BCUT2D eigenvalue weighted by Crippen LogP contribution is 2.18. The Labute approximate surface area is 166 Å². The lowest BCUT2D eigenvalue weighted by atomic mass is 10.1. The van der Waals surface area contributed by atoms with Gasteiger partial charge in [0.2, 0.25) is 15.9 Å². The van der Waals surface area contributed by atoms with Gasteiger partial charge in [0.25, 0.3) is 0 Å². The highest BCUT2D eigenvalue weighted by Gasteiger charge is 2.23. The smallest absolute Gasteiger partial charge is 0.243 e. The fourth-order valence-corrected chi connectivity index (χ4v) is 3.64. The SMILES string of the molecule is COc1ccc(OCCNC(=O)CN(C)S(=O)(=O)c2ccc(C)c(C)c2)cc1. The Morgan fingerprint density at radius 1 is 1.04 bits per heavy atom. The zero-order chi connectivity index (χ0) is 20.7. The van der Waals surface area contributed by atoms with Gasteiger partial charge >= 0.3 is 0 Å². The number of aryl methyl sites for hydroxylation is 2. The molecule has 0 aliphatic rings. The number of benzene rings is 2. The molecule has 0 fully saturated rings. The van der Waals surface area contributed by atoms with Crippen LogP contribution in [-0.4, -0.2) is 52.5 Å². The summed E-state index contributed by atoms with van der Waals surface area (Å²) in [6.07, 6.45) is 0. The van der Waals surface area contributed by atoms with E-state index in [-0.39, 0.29) is 24.6 Å². The van der Waals surface area contributed by atoms with Crippen molar-refractivity contribution in [2.75, 3.05) is 33.9 Å². The van der Waals surface area contributed by atoms with Crippen molar-refractivity contribution in [1.29, 1.82) is 0 Å². The summed E-state index contributed by atoms with van der Waals surface area (Å²) < 4.78 is 36.8. The highest BCUT2D eigenvalue weighted by molar-refractivity contribution is 7.89. The molecule has 1 amide bonds. The van der Waals surface area contributed by atoms with E-state index in [2.05, 4.69) is 5.32 Å². The first-order chi connectivity index (χ1) is 13.2. The van der Waals surface area contributed by atoms with Crippen LogP contribution in [0.25, 0.3) is 0 Å². The number of nitrogens with zero attached hydrogens (tertiary/aromatic N) is 1. The van der Waals surface area contributed by atoms with Crippen molar-refractivity contribution in [1.82, 2.24) is 9.62 Å². The minimum absolute atomic E-state index is 0.175. The van der Waals surface area contributed by atoms with Gasteiger partial charge in [-0.05, 0) is 61.4 Å². The number of methoxy groups -OCH3 is 1. The number of carbonyl (C=O) groups excluding carboxylic acids is 1. The predicted octanol–water partition coefficient (Wildman–Crippen LogP) is 2.13. The number of amides is 1. The minimum atomic E-state index is -3.72. The molecule has 28 heavy (non-hydrogen) atoms. The van der Waals surface area contributed by atoms with Crippen LogP contribution < -0.4 is 14.8 Å². The first kappa shape index (κ1) is 21.7. The Balaban J connectivity index is 1.81. The topological polar surface area (TPSA) is 84.9 Å². The molecule has 0 unspecified atom stereocenters. The third-order valence-electron chi connectivity index (χ3n) is 4.31. The molecule has 2 aromatic rings. The minimum Gasteiger partial charge on any atom is -0.497 e. The van der Waals surface area contributed by atoms with E-state index in [1.54, 1.807) is 49.6 Å². The van der Waals surface area contributed by atoms with E-state index >= 15 is 0 Å². The number of hydrogen-bond donors (Lipinski definition) is 1. The Morgan fingerprint density at radius 3 is 2.29 bits per heavy atom. The molecule has 0 heterocycles. The van der Waals surface area contributed by atoms with E-state index in [4.69, 9.17) is 9.47 Å². The summed E-state index contributed by atoms with van der Waals surface area (Å²) in [6, 6.07) is 12.0. The number of nitrogens with one attached hydrogen (secondary N) is 1. The second-order valence-corrected chi connectivity index (χ2v) is 8.43. The molecule has 0 spiro atoms. The molecule has 2 aromatic carbocycles. The predicted molar refractivity (Wildman–Crippen MR) is 107 cm³/mol. The normalized spacial score (nSPS) is 11.3. The number of ether oxygens (including phenoxy) is 2. The van der Waals surface area contributed by atoms with Gasteiger partial charge in [0.05, 0.1) is 25.1 Å². The van der Waals surface area contributed by atoms with Gasteiger partial charge in [0, 0.05) is 7.05 Å². The second kappa shape index (κ2) is 9.57. The molecule has 0 radical (unpaired) electrons. The summed E-state index contributed by atoms with van der Waals surface area (Å²) in [5.74, 6) is 0.992. The molecular formula is C20H26N2O5S. The van der Waals surface area contributed by atoms with Crippen molar-refractivity contribution in [2.45, 2.75) is 18.7 Å². The summed E-state index contributed by atoms with van der Waals surface area (Å²) >= 11 is 0. The largest absolute Gasteiger partial charge is 0.497 e. The monoisotopic (exact) mass is 406 g/mol. The van der Waals surface area contributed by atoms with Crippen LogP contribution in [0.2, 0.25) is 0 Å². The van der Waals surface area contributed by atoms with Crippen LogP contribution in [0.1, 0.15) is 11.1 Å². The van der Waals surface area contributed by atoms with Crippen LogP contribution >= 0.6 is 0 Å². The van der Waals surface area contributed by atoms with Crippen LogP contribution in [0, 0.1) is 13.8 Å². The van der Waals surface area contributed by atoms with Crippen molar-refractivity contribution in [2.24, 2.45) is 0 Å². The molecule has 0 aliphatic carbocycles. The third-order valence-corrected chi connectivity index (χ3v) is 6.10. The van der Waals surface area contributed by atoms with Crippen LogP contribution in [0.5, 0.6) is 11.5 Å². The van der Waals surface area contributed by atoms with E-state index < -0.39 is 15.9 Å². The van der Waals surface area contributed by atoms with Gasteiger partial charge in [-0.1, -0.05) is 6.07 Å². The maximum Gasteiger partial charge on any atom is 0.243 e. The van der Waals surface area contributed by atoms with Gasteiger partial charge in [-0.15, -0.1) is 0 Å². The Bertz CT molecular complexity index is 911. The standard InChI is InChI=1S/C20H26N2O5S/c1-15-5-10-19(13-16(15)2)28(24,25)22(3)14-20(23)21-11-12-27-18-8-6-17(26-4)7-9-18/h5-10,13H,11-12,14H2,1-4H3,(H,21,23). The number of likely N-dealkylation sites (N-methyl/N-ethyl adjacent to an activating group) is 1. The van der Waals surface area contributed by atoms with E-state index in [0.717, 1.165) is 21.2 Å². The summed E-state index contributed by atoms with van der Waals surface area (Å²) in [5, 5.41) is 2.66. The summed E-state index contributed by atoms with van der Waals surface area (Å²) in [4.78, 5) is 12.2. The van der Waals surface area contributed by atoms with Crippen molar-refractivity contribution >= 4 is 15.9 Å². The molecule has 0 bridgehead atoms. The third kappa shape index (κ3) is 5.71. The van der Waals surface area contributed by atoms with Crippen LogP contribution in [0.15, 0.2) is 47.4 Å². The molecular weight excluding hydrogens is 380 g/mol. The van der Waals surface area contributed by atoms with Gasteiger partial charge in [-0.3, -0.25) is 4.79 Å². The zero-order valence-corrected chi connectivity index (χ0v) is 17.4. The van der Waals surface area contributed by atoms with Crippen molar-refractivity contribution in [3.63, 3.8) is 0 Å². The maximum atomic E-state index is 12.6. The Kier molecular flexibility index (Phi) is 7.42. The lowest BCUT2D eigenvalue weighted by molar-refractivity contribution is -0.121. The van der Waals surface area contributed by atoms with Crippen molar-refractivity contribution in [3.05, 3.63) is 53.6 Å². The van der Waals surface area contributed by atoms with Crippen molar-refractivity contribution < 1.29 is 22.7 Å². The second-order valence-electron chi connectivity index (χ2n) is 6.38. The van der Waals surface area contributed by atoms with E-state index in [1.807, 2.05) is 13.8 Å². The average molecular weight is 407 g/mol. The van der Waals surface area contributed by atoms with E-state index in [9.17, 15) is 13.2 Å². The molecule has 0 aromatic heterocycles. The van der Waals surface area contributed by atoms with Crippen molar-refractivity contribution in [3.8, 4) is 11.5 Å². The van der Waals surface area contributed by atoms with Gasteiger partial charge in [0.15, 0.2) is 0 Å². The highest BCUT2D eigenvalue weighted by atomic mass is 32.2. The summed E-state index contributed by atoms with van der Waals surface area (Å²) in [6.45, 7) is 4.03. The molecule has 0 aliphatic heterocycles. The molecule has 0 saturated carbocycles. The van der Waals surface area contributed by atoms with Gasteiger partial charge in [-0.25, -0.2) is 8.42 Å². The maximum absolute atomic E-state index is 12.6. The van der Waals surface area contributed by atoms with E-state index in [0.29, 0.717) is 5.75 Å². The van der Waals surface area contributed by atoms with Crippen LogP contribution in [0.3, 0.4) is 0 Å². The van der Waals surface area contributed by atoms with Crippen LogP contribution in [-0.2, 0) is 14.8 Å². The Hall–Kier alpha value is -2.58. The van der Waals surface area contributed by atoms with Gasteiger partial charge < -0.3 is 14.8 Å². The molecule has 7 nitrogen and oxygen atoms in total. The molecule has 8 heteroatoms. The lowest BCUT2D eigenvalue weighted by Crippen LogP contribution is -2.39. The Morgan fingerprint density at radius 2 is 1.68 bits per heavy atom.